The topological polar surface area (TPSA) is 105 Å². The van der Waals surface area contributed by atoms with Gasteiger partial charge >= 0.3 is 0 Å². The highest BCUT2D eigenvalue weighted by Gasteiger charge is 2.20. The summed E-state index contributed by atoms with van der Waals surface area (Å²) in [6, 6.07) is 12.9. The van der Waals surface area contributed by atoms with Crippen LogP contribution < -0.4 is 5.73 Å². The third kappa shape index (κ3) is 2.48. The third-order valence-electron chi connectivity index (χ3n) is 4.74. The maximum atomic E-state index is 13.0. The normalized spacial score (nSPS) is 11.5. The average molecular weight is 391 g/mol. The fraction of sp³-hybridized carbons (Fsp3) is 0.0500. The number of nitrogen functional groups attached to an aromatic ring is 1. The zero-order chi connectivity index (χ0) is 19.4. The molecule has 0 atom stereocenters. The van der Waals surface area contributed by atoms with Crippen LogP contribution in [0.3, 0.4) is 0 Å². The van der Waals surface area contributed by atoms with Gasteiger partial charge in [0.15, 0.2) is 0 Å². The average Bonchev–Trinajstić information content (AvgIpc) is 3.36. The molecule has 0 aliphatic rings. The van der Waals surface area contributed by atoms with Crippen LogP contribution in [0.1, 0.15) is 21.9 Å². The van der Waals surface area contributed by atoms with Crippen LogP contribution in [0.4, 0.5) is 5.82 Å². The quantitative estimate of drug-likeness (QED) is 0.405. The van der Waals surface area contributed by atoms with Crippen LogP contribution in [0, 0.1) is 6.92 Å². The van der Waals surface area contributed by atoms with Crippen LogP contribution >= 0.6 is 11.6 Å². The molecular weight excluding hydrogens is 376 g/mol. The van der Waals surface area contributed by atoms with Crippen LogP contribution in [0.2, 0.25) is 5.02 Å². The summed E-state index contributed by atoms with van der Waals surface area (Å²) >= 11 is 6.21. The number of hydrogen-bond acceptors (Lipinski definition) is 4. The Kier molecular flexibility index (Phi) is 3.53. The molecule has 0 saturated carbocycles. The van der Waals surface area contributed by atoms with E-state index in [1.807, 2.05) is 37.3 Å². The molecule has 0 aliphatic carbocycles. The van der Waals surface area contributed by atoms with E-state index in [4.69, 9.17) is 17.3 Å². The molecular formula is C20H15ClN6O. The van der Waals surface area contributed by atoms with E-state index in [0.29, 0.717) is 16.3 Å². The number of nitrogens with one attached hydrogen (secondary N) is 2. The summed E-state index contributed by atoms with van der Waals surface area (Å²) in [6.07, 6.45) is 1.48. The van der Waals surface area contributed by atoms with Crippen molar-refractivity contribution >= 4 is 45.1 Å². The Labute approximate surface area is 164 Å². The molecule has 0 bridgehead atoms. The van der Waals surface area contributed by atoms with Gasteiger partial charge in [0.2, 0.25) is 5.78 Å². The van der Waals surface area contributed by atoms with E-state index in [-0.39, 0.29) is 11.6 Å². The summed E-state index contributed by atoms with van der Waals surface area (Å²) < 4.78 is 1.54. The lowest BCUT2D eigenvalue weighted by Gasteiger charge is -2.05. The first-order valence-electron chi connectivity index (χ1n) is 8.63. The summed E-state index contributed by atoms with van der Waals surface area (Å²) in [7, 11) is 0. The summed E-state index contributed by atoms with van der Waals surface area (Å²) in [5.41, 5.74) is 10.3. The molecule has 0 aliphatic heterocycles. The van der Waals surface area contributed by atoms with Gasteiger partial charge in [-0.3, -0.25) is 4.79 Å². The summed E-state index contributed by atoms with van der Waals surface area (Å²) in [5, 5.41) is 5.69. The molecule has 0 fully saturated rings. The van der Waals surface area contributed by atoms with Crippen molar-refractivity contribution in [1.29, 1.82) is 0 Å². The molecule has 0 radical (unpaired) electrons. The van der Waals surface area contributed by atoms with Crippen molar-refractivity contribution in [3.05, 3.63) is 70.8 Å². The number of aryl methyl sites for hydroxylation is 1. The lowest BCUT2D eigenvalue weighted by molar-refractivity contribution is 0.103. The first kappa shape index (κ1) is 16.6. The van der Waals surface area contributed by atoms with Gasteiger partial charge in [-0.2, -0.15) is 5.10 Å². The number of carbonyl (C=O) groups is 1. The third-order valence-corrected chi connectivity index (χ3v) is 5.06. The minimum absolute atomic E-state index is 0.241. The molecule has 7 nitrogen and oxygen atoms in total. The summed E-state index contributed by atoms with van der Waals surface area (Å²) in [4.78, 5) is 23.7. The lowest BCUT2D eigenvalue weighted by Crippen LogP contribution is -2.07. The number of nitrogens with two attached hydrogens (primary N) is 1. The van der Waals surface area contributed by atoms with E-state index in [2.05, 4.69) is 20.1 Å². The predicted octanol–water partition coefficient (Wildman–Crippen LogP) is 4.00. The zero-order valence-electron chi connectivity index (χ0n) is 14.8. The van der Waals surface area contributed by atoms with Gasteiger partial charge in [0.25, 0.3) is 0 Å². The molecule has 3 aromatic heterocycles. The number of aromatic amines is 2. The number of ketones is 1. The van der Waals surface area contributed by atoms with E-state index in [1.165, 1.54) is 6.20 Å². The van der Waals surface area contributed by atoms with Crippen molar-refractivity contribution in [3.8, 4) is 5.69 Å². The van der Waals surface area contributed by atoms with Crippen LogP contribution in [0.15, 0.2) is 48.7 Å². The first-order valence-corrected chi connectivity index (χ1v) is 9.01. The molecule has 4 N–H and O–H groups in total. The second kappa shape index (κ2) is 5.97. The van der Waals surface area contributed by atoms with Gasteiger partial charge in [0, 0.05) is 15.9 Å². The van der Waals surface area contributed by atoms with Crippen LogP contribution in [-0.4, -0.2) is 30.5 Å². The predicted molar refractivity (Wildman–Crippen MR) is 109 cm³/mol. The van der Waals surface area contributed by atoms with Crippen LogP contribution in [-0.2, 0) is 0 Å². The molecule has 5 rings (SSSR count). The first-order chi connectivity index (χ1) is 13.5. The van der Waals surface area contributed by atoms with E-state index in [9.17, 15) is 4.79 Å². The van der Waals surface area contributed by atoms with E-state index < -0.39 is 0 Å². The Morgan fingerprint density at radius 2 is 2.00 bits per heavy atom. The van der Waals surface area contributed by atoms with Crippen LogP contribution in [0.25, 0.3) is 27.6 Å². The SMILES string of the molecule is Cc1nc2ccc(-n3ncc(C(=O)c4cc5c(Cl)cccc5[nH]4)c3N)cc2[nH]1. The van der Waals surface area contributed by atoms with Crippen molar-refractivity contribution < 1.29 is 4.79 Å². The van der Waals surface area contributed by atoms with E-state index in [1.54, 1.807) is 16.8 Å². The maximum Gasteiger partial charge on any atom is 0.214 e. The second-order valence-electron chi connectivity index (χ2n) is 6.59. The number of aromatic nitrogens is 5. The van der Waals surface area contributed by atoms with Gasteiger partial charge in [0.05, 0.1) is 34.2 Å². The minimum atomic E-state index is -0.241. The molecule has 0 spiro atoms. The number of carbonyl (C=O) groups excluding carboxylic acids is 1. The molecule has 5 aromatic rings. The largest absolute Gasteiger partial charge is 0.383 e. The lowest BCUT2D eigenvalue weighted by atomic mass is 10.1. The number of benzene rings is 2. The van der Waals surface area contributed by atoms with Crippen molar-refractivity contribution in [3.63, 3.8) is 0 Å². The highest BCUT2D eigenvalue weighted by Crippen LogP contribution is 2.27. The fourth-order valence-electron chi connectivity index (χ4n) is 3.38. The Hall–Kier alpha value is -3.58. The molecule has 0 saturated heterocycles. The Morgan fingerprint density at radius 3 is 2.82 bits per heavy atom. The second-order valence-corrected chi connectivity index (χ2v) is 7.00. The number of H-pyrrole nitrogens is 2. The van der Waals surface area contributed by atoms with Crippen molar-refractivity contribution in [2.75, 3.05) is 5.73 Å². The monoisotopic (exact) mass is 390 g/mol. The van der Waals surface area contributed by atoms with E-state index >= 15 is 0 Å². The molecule has 8 heteroatoms. The van der Waals surface area contributed by atoms with Gasteiger partial charge < -0.3 is 15.7 Å². The Morgan fingerprint density at radius 1 is 1.14 bits per heavy atom. The minimum Gasteiger partial charge on any atom is -0.383 e. The van der Waals surface area contributed by atoms with Crippen LogP contribution in [0.5, 0.6) is 0 Å². The smallest absolute Gasteiger partial charge is 0.214 e. The van der Waals surface area contributed by atoms with Crippen molar-refractivity contribution in [1.82, 2.24) is 24.7 Å². The molecule has 2 aromatic carbocycles. The van der Waals surface area contributed by atoms with Gasteiger partial charge in [0.1, 0.15) is 11.6 Å². The fourth-order valence-corrected chi connectivity index (χ4v) is 3.61. The van der Waals surface area contributed by atoms with Gasteiger partial charge in [-0.05, 0) is 43.3 Å². The Bertz CT molecular complexity index is 1380. The molecule has 0 unspecified atom stereocenters. The standard InChI is InChI=1S/C20H15ClN6O/c1-10-24-16-6-5-11(7-17(16)25-10)27-20(22)13(9-23-27)19(28)18-8-12-14(21)3-2-4-15(12)26-18/h2-9,26H,22H2,1H3,(H,24,25). The number of fused-ring (bicyclic) bond motifs is 2. The number of nitrogens with zero attached hydrogens (tertiary/aromatic N) is 3. The number of halogens is 1. The number of hydrogen-bond donors (Lipinski definition) is 3. The van der Waals surface area contributed by atoms with Gasteiger partial charge in [-0.1, -0.05) is 17.7 Å². The van der Waals surface area contributed by atoms with Crippen molar-refractivity contribution in [2.24, 2.45) is 0 Å². The van der Waals surface area contributed by atoms with Gasteiger partial charge in [-0.15, -0.1) is 0 Å². The van der Waals surface area contributed by atoms with Crippen molar-refractivity contribution in [2.45, 2.75) is 6.92 Å². The molecule has 138 valence electrons. The Balaban J connectivity index is 1.56. The molecule has 0 amide bonds. The number of imidazole rings is 1. The summed E-state index contributed by atoms with van der Waals surface area (Å²) in [5.74, 6) is 0.855. The van der Waals surface area contributed by atoms with E-state index in [0.717, 1.165) is 33.4 Å². The zero-order valence-corrected chi connectivity index (χ0v) is 15.6. The molecule has 3 heterocycles. The maximum absolute atomic E-state index is 13.0. The number of rotatable bonds is 3. The summed E-state index contributed by atoms with van der Waals surface area (Å²) in [6.45, 7) is 1.89. The highest BCUT2D eigenvalue weighted by molar-refractivity contribution is 6.35. The van der Waals surface area contributed by atoms with Gasteiger partial charge in [-0.25, -0.2) is 9.67 Å². The molecule has 28 heavy (non-hydrogen) atoms. The number of anilines is 1. The highest BCUT2D eigenvalue weighted by atomic mass is 35.5.